The summed E-state index contributed by atoms with van der Waals surface area (Å²) in [7, 11) is 1.80. The number of nitrogens with one attached hydrogen (secondary N) is 2. The molecule has 0 spiro atoms. The van der Waals surface area contributed by atoms with Crippen molar-refractivity contribution in [2.45, 2.75) is 31.9 Å². The highest BCUT2D eigenvalue weighted by Crippen LogP contribution is 2.19. The van der Waals surface area contributed by atoms with Gasteiger partial charge in [-0.1, -0.05) is 0 Å². The molecule has 4 nitrogen and oxygen atoms in total. The fraction of sp³-hybridized carbons (Fsp3) is 0.692. The van der Waals surface area contributed by atoms with E-state index in [9.17, 15) is 0 Å². The van der Waals surface area contributed by atoms with Gasteiger partial charge in [0.05, 0.1) is 5.01 Å². The van der Waals surface area contributed by atoms with Crippen LogP contribution in [-0.4, -0.2) is 42.1 Å². The summed E-state index contributed by atoms with van der Waals surface area (Å²) in [6.07, 6.45) is 4.99. The second-order valence-electron chi connectivity index (χ2n) is 4.93. The second-order valence-corrected chi connectivity index (χ2v) is 7.76. The predicted octanol–water partition coefficient (Wildman–Crippen LogP) is 2.92. The number of hydrogen-bond acceptors (Lipinski definition) is 4. The Labute approximate surface area is 147 Å². The summed E-state index contributed by atoms with van der Waals surface area (Å²) in [5.41, 5.74) is 0. The number of halogens is 1. The summed E-state index contributed by atoms with van der Waals surface area (Å²) in [6.45, 7) is 8.27. The number of guanidine groups is 1. The normalized spacial score (nSPS) is 11.9. The Morgan fingerprint density at radius 1 is 1.45 bits per heavy atom. The van der Waals surface area contributed by atoms with E-state index in [-0.39, 0.29) is 28.7 Å². The maximum Gasteiger partial charge on any atom is 0.191 e. The van der Waals surface area contributed by atoms with E-state index in [0.717, 1.165) is 25.5 Å². The second kappa shape index (κ2) is 9.83. The molecule has 20 heavy (non-hydrogen) atoms. The Hall–Kier alpha value is -0.0200. The first-order valence-corrected chi connectivity index (χ1v) is 8.42. The molecule has 1 heterocycles. The largest absolute Gasteiger partial charge is 0.356 e. The number of aliphatic imine (C=N–C) groups is 1. The van der Waals surface area contributed by atoms with Crippen LogP contribution in [0.2, 0.25) is 0 Å². The first-order chi connectivity index (χ1) is 8.96. The van der Waals surface area contributed by atoms with E-state index >= 15 is 0 Å². The molecule has 0 aliphatic rings. The van der Waals surface area contributed by atoms with Gasteiger partial charge < -0.3 is 10.6 Å². The lowest BCUT2D eigenvalue weighted by Gasteiger charge is -2.23. The number of rotatable bonds is 6. The third-order valence-corrected chi connectivity index (χ3v) is 4.98. The quantitative estimate of drug-likeness (QED) is 0.416. The third-order valence-electron chi connectivity index (χ3n) is 2.76. The summed E-state index contributed by atoms with van der Waals surface area (Å²) in [5.74, 6) is 0.857. The maximum atomic E-state index is 4.35. The van der Waals surface area contributed by atoms with Crippen LogP contribution >= 0.6 is 47.1 Å². The monoisotopic (exact) mass is 428 g/mol. The van der Waals surface area contributed by atoms with Crippen molar-refractivity contribution in [2.24, 2.45) is 4.99 Å². The highest BCUT2D eigenvalue weighted by Gasteiger charge is 2.15. The van der Waals surface area contributed by atoms with Crippen molar-refractivity contribution in [1.29, 1.82) is 0 Å². The Bertz CT molecular complexity index is 418. The van der Waals surface area contributed by atoms with E-state index in [2.05, 4.69) is 47.6 Å². The van der Waals surface area contributed by atoms with E-state index in [1.807, 2.05) is 18.0 Å². The van der Waals surface area contributed by atoms with Crippen molar-refractivity contribution in [1.82, 2.24) is 15.6 Å². The number of thioether (sulfide) groups is 1. The van der Waals surface area contributed by atoms with E-state index in [1.165, 1.54) is 9.88 Å². The van der Waals surface area contributed by atoms with Gasteiger partial charge in [-0.3, -0.25) is 4.99 Å². The SMILES string of the molecule is CN=C(NCCc1ncc(C)s1)NCC(C)(C)SC.I. The van der Waals surface area contributed by atoms with Crippen LogP contribution in [0.4, 0.5) is 0 Å². The average Bonchev–Trinajstić information content (AvgIpc) is 2.79. The summed E-state index contributed by atoms with van der Waals surface area (Å²) in [6, 6.07) is 0. The molecule has 0 fully saturated rings. The molecule has 0 aromatic carbocycles. The molecule has 7 heteroatoms. The molecule has 1 aromatic heterocycles. The molecule has 0 unspecified atom stereocenters. The minimum atomic E-state index is 0. The van der Waals surface area contributed by atoms with Gasteiger partial charge >= 0.3 is 0 Å². The number of aryl methyl sites for hydroxylation is 1. The molecule has 0 aliphatic heterocycles. The summed E-state index contributed by atoms with van der Waals surface area (Å²) in [4.78, 5) is 9.85. The molecule has 0 atom stereocenters. The fourth-order valence-electron chi connectivity index (χ4n) is 1.39. The van der Waals surface area contributed by atoms with Crippen molar-refractivity contribution in [3.05, 3.63) is 16.1 Å². The van der Waals surface area contributed by atoms with E-state index in [1.54, 1.807) is 18.4 Å². The third kappa shape index (κ3) is 7.68. The first-order valence-electron chi connectivity index (χ1n) is 6.38. The van der Waals surface area contributed by atoms with Crippen LogP contribution in [0, 0.1) is 6.92 Å². The zero-order valence-electron chi connectivity index (χ0n) is 12.8. The first kappa shape index (κ1) is 20.0. The van der Waals surface area contributed by atoms with Gasteiger partial charge in [-0.25, -0.2) is 4.98 Å². The lowest BCUT2D eigenvalue weighted by atomic mass is 10.2. The molecule has 2 N–H and O–H groups in total. The van der Waals surface area contributed by atoms with Crippen LogP contribution in [0.15, 0.2) is 11.2 Å². The van der Waals surface area contributed by atoms with Gasteiger partial charge in [0.1, 0.15) is 0 Å². The molecular formula is C13H25IN4S2. The summed E-state index contributed by atoms with van der Waals surface area (Å²) >= 11 is 3.60. The minimum absolute atomic E-state index is 0. The topological polar surface area (TPSA) is 49.3 Å². The number of aromatic nitrogens is 1. The van der Waals surface area contributed by atoms with Gasteiger partial charge in [0.15, 0.2) is 5.96 Å². The molecule has 116 valence electrons. The molecule has 1 rings (SSSR count). The van der Waals surface area contributed by atoms with Crippen LogP contribution in [-0.2, 0) is 6.42 Å². The smallest absolute Gasteiger partial charge is 0.191 e. The highest BCUT2D eigenvalue weighted by atomic mass is 127. The molecule has 0 aliphatic carbocycles. The Morgan fingerprint density at radius 2 is 2.15 bits per heavy atom. The van der Waals surface area contributed by atoms with Crippen LogP contribution in [0.5, 0.6) is 0 Å². The van der Waals surface area contributed by atoms with Gasteiger partial charge in [0.2, 0.25) is 0 Å². The fourth-order valence-corrected chi connectivity index (χ4v) is 2.40. The Kier molecular flexibility index (Phi) is 9.82. The van der Waals surface area contributed by atoms with E-state index < -0.39 is 0 Å². The minimum Gasteiger partial charge on any atom is -0.356 e. The number of thiazole rings is 1. The lowest BCUT2D eigenvalue weighted by Crippen LogP contribution is -2.43. The van der Waals surface area contributed by atoms with Crippen molar-refractivity contribution in [2.75, 3.05) is 26.4 Å². The predicted molar refractivity (Wildman–Crippen MR) is 103 cm³/mol. The molecule has 1 aromatic rings. The van der Waals surface area contributed by atoms with Gasteiger partial charge in [0.25, 0.3) is 0 Å². The standard InChI is InChI=1S/C13H24N4S2.HI/c1-10-8-16-11(19-10)6-7-15-12(14-4)17-9-13(2,3)18-5;/h8H,6-7,9H2,1-5H3,(H2,14,15,17);1H. The number of hydrogen-bond donors (Lipinski definition) is 2. The molecule has 0 saturated heterocycles. The molecular weight excluding hydrogens is 403 g/mol. The van der Waals surface area contributed by atoms with E-state index in [4.69, 9.17) is 0 Å². The van der Waals surface area contributed by atoms with Gasteiger partial charge in [-0.15, -0.1) is 35.3 Å². The van der Waals surface area contributed by atoms with Crippen molar-refractivity contribution in [3.63, 3.8) is 0 Å². The summed E-state index contributed by atoms with van der Waals surface area (Å²) < 4.78 is 0.212. The van der Waals surface area contributed by atoms with Gasteiger partial charge in [0, 0.05) is 42.4 Å². The van der Waals surface area contributed by atoms with Crippen LogP contribution in [0.25, 0.3) is 0 Å². The van der Waals surface area contributed by atoms with Gasteiger partial charge in [-0.2, -0.15) is 11.8 Å². The van der Waals surface area contributed by atoms with Gasteiger partial charge in [-0.05, 0) is 27.0 Å². The lowest BCUT2D eigenvalue weighted by molar-refractivity contribution is 0.664. The summed E-state index contributed by atoms with van der Waals surface area (Å²) in [5, 5.41) is 7.84. The average molecular weight is 428 g/mol. The molecule has 0 bridgehead atoms. The zero-order valence-corrected chi connectivity index (χ0v) is 16.8. The highest BCUT2D eigenvalue weighted by molar-refractivity contribution is 14.0. The van der Waals surface area contributed by atoms with Crippen molar-refractivity contribution in [3.8, 4) is 0 Å². The Balaban J connectivity index is 0.00000361. The van der Waals surface area contributed by atoms with E-state index in [0.29, 0.717) is 0 Å². The number of nitrogens with zero attached hydrogens (tertiary/aromatic N) is 2. The molecule has 0 amide bonds. The maximum absolute atomic E-state index is 4.35. The van der Waals surface area contributed by atoms with Crippen molar-refractivity contribution < 1.29 is 0 Å². The molecule has 0 radical (unpaired) electrons. The van der Waals surface area contributed by atoms with Crippen LogP contribution < -0.4 is 10.6 Å². The zero-order chi connectivity index (χ0) is 14.3. The van der Waals surface area contributed by atoms with Crippen molar-refractivity contribution >= 4 is 53.0 Å². The Morgan fingerprint density at radius 3 is 2.65 bits per heavy atom. The van der Waals surface area contributed by atoms with Crippen LogP contribution in [0.3, 0.4) is 0 Å². The van der Waals surface area contributed by atoms with Crippen LogP contribution in [0.1, 0.15) is 23.7 Å². The molecule has 0 saturated carbocycles.